The molecular formula is C10H21NO2. The fraction of sp³-hybridized carbons (Fsp3) is 1.00. The minimum Gasteiger partial charge on any atom is -0.395 e. The van der Waals surface area contributed by atoms with Gasteiger partial charge in [0.25, 0.3) is 0 Å². The van der Waals surface area contributed by atoms with Crippen LogP contribution in [0.5, 0.6) is 0 Å². The van der Waals surface area contributed by atoms with Crippen molar-refractivity contribution in [2.75, 3.05) is 19.8 Å². The Labute approximate surface area is 80.4 Å². The predicted molar refractivity (Wildman–Crippen MR) is 52.6 cm³/mol. The molecule has 78 valence electrons. The summed E-state index contributed by atoms with van der Waals surface area (Å²) < 4.78 is 0. The van der Waals surface area contributed by atoms with Crippen LogP contribution in [0.3, 0.4) is 0 Å². The molecule has 3 heteroatoms. The molecule has 0 unspecified atom stereocenters. The molecule has 0 radical (unpaired) electrons. The van der Waals surface area contributed by atoms with Crippen LogP contribution in [-0.4, -0.2) is 47.0 Å². The van der Waals surface area contributed by atoms with E-state index in [1.165, 1.54) is 19.3 Å². The lowest BCUT2D eigenvalue weighted by molar-refractivity contribution is 0.0173. The number of aliphatic hydroxyl groups excluding tert-OH is 2. The number of hydrogen-bond acceptors (Lipinski definition) is 3. The Morgan fingerprint density at radius 3 is 2.23 bits per heavy atom. The molecule has 3 nitrogen and oxygen atoms in total. The van der Waals surface area contributed by atoms with Gasteiger partial charge >= 0.3 is 0 Å². The lowest BCUT2D eigenvalue weighted by Crippen LogP contribution is -2.50. The summed E-state index contributed by atoms with van der Waals surface area (Å²) in [5, 5.41) is 18.2. The van der Waals surface area contributed by atoms with E-state index in [0.717, 1.165) is 13.0 Å². The highest BCUT2D eigenvalue weighted by Crippen LogP contribution is 2.26. The number of rotatable bonds is 6. The largest absolute Gasteiger partial charge is 0.395 e. The van der Waals surface area contributed by atoms with Crippen molar-refractivity contribution in [1.82, 2.24) is 4.90 Å². The smallest absolute Gasteiger partial charge is 0.0609 e. The van der Waals surface area contributed by atoms with Gasteiger partial charge in [-0.1, -0.05) is 13.3 Å². The Hall–Kier alpha value is -0.120. The van der Waals surface area contributed by atoms with Gasteiger partial charge in [-0.25, -0.2) is 0 Å². The van der Waals surface area contributed by atoms with Crippen LogP contribution in [0.15, 0.2) is 0 Å². The Morgan fingerprint density at radius 1 is 1.31 bits per heavy atom. The van der Waals surface area contributed by atoms with Gasteiger partial charge in [-0.3, -0.25) is 4.90 Å². The Bertz CT molecular complexity index is 133. The van der Waals surface area contributed by atoms with Gasteiger partial charge in [0.05, 0.1) is 19.3 Å². The molecule has 0 aromatic heterocycles. The zero-order chi connectivity index (χ0) is 9.68. The summed E-state index contributed by atoms with van der Waals surface area (Å²) in [6, 6.07) is 0.578. The van der Waals surface area contributed by atoms with E-state index in [4.69, 9.17) is 10.2 Å². The van der Waals surface area contributed by atoms with E-state index in [-0.39, 0.29) is 19.3 Å². The molecule has 1 rings (SSSR count). The summed E-state index contributed by atoms with van der Waals surface area (Å²) in [5.74, 6) is 0. The van der Waals surface area contributed by atoms with E-state index in [2.05, 4.69) is 11.8 Å². The SMILES string of the molecule is CCCN(C(CO)CO)C1CCC1. The molecular weight excluding hydrogens is 166 g/mol. The first-order chi connectivity index (χ1) is 6.33. The summed E-state index contributed by atoms with van der Waals surface area (Å²) in [4.78, 5) is 2.27. The molecule has 0 amide bonds. The Balaban J connectivity index is 2.43. The van der Waals surface area contributed by atoms with Crippen LogP contribution in [0, 0.1) is 0 Å². The van der Waals surface area contributed by atoms with E-state index in [9.17, 15) is 0 Å². The van der Waals surface area contributed by atoms with Crippen LogP contribution >= 0.6 is 0 Å². The standard InChI is InChI=1S/C10H21NO2/c1-2-6-11(9-4-3-5-9)10(7-12)8-13/h9-10,12-13H,2-8H2,1H3. The minimum absolute atomic E-state index is 0.0368. The second kappa shape index (κ2) is 5.58. The molecule has 1 saturated carbocycles. The Morgan fingerprint density at radius 2 is 1.92 bits per heavy atom. The van der Waals surface area contributed by atoms with Crippen molar-refractivity contribution < 1.29 is 10.2 Å². The van der Waals surface area contributed by atoms with Gasteiger partial charge in [-0.05, 0) is 25.8 Å². The molecule has 0 spiro atoms. The van der Waals surface area contributed by atoms with Crippen molar-refractivity contribution >= 4 is 0 Å². The second-order valence-electron chi connectivity index (χ2n) is 3.84. The third-order valence-corrected chi connectivity index (χ3v) is 2.92. The first-order valence-corrected chi connectivity index (χ1v) is 5.31. The van der Waals surface area contributed by atoms with Crippen LogP contribution in [0.4, 0.5) is 0 Å². The number of aliphatic hydroxyl groups is 2. The Kier molecular flexibility index (Phi) is 4.70. The average Bonchev–Trinajstić information content (AvgIpc) is 2.04. The van der Waals surface area contributed by atoms with Crippen molar-refractivity contribution in [1.29, 1.82) is 0 Å². The van der Waals surface area contributed by atoms with Gasteiger partial charge in [-0.2, -0.15) is 0 Å². The van der Waals surface area contributed by atoms with Gasteiger partial charge in [-0.15, -0.1) is 0 Å². The quantitative estimate of drug-likeness (QED) is 0.640. The molecule has 0 aliphatic heterocycles. The zero-order valence-corrected chi connectivity index (χ0v) is 8.45. The summed E-state index contributed by atoms with van der Waals surface area (Å²) in [6.45, 7) is 3.29. The first kappa shape index (κ1) is 11.0. The molecule has 0 aromatic carbocycles. The van der Waals surface area contributed by atoms with Crippen LogP contribution in [0.2, 0.25) is 0 Å². The first-order valence-electron chi connectivity index (χ1n) is 5.31. The van der Waals surface area contributed by atoms with Crippen LogP contribution in [-0.2, 0) is 0 Å². The molecule has 0 saturated heterocycles. The normalized spacial score (nSPS) is 18.2. The highest BCUT2D eigenvalue weighted by atomic mass is 16.3. The van der Waals surface area contributed by atoms with Crippen molar-refractivity contribution in [3.8, 4) is 0 Å². The number of hydrogen-bond donors (Lipinski definition) is 2. The van der Waals surface area contributed by atoms with E-state index < -0.39 is 0 Å². The average molecular weight is 187 g/mol. The lowest BCUT2D eigenvalue weighted by Gasteiger charge is -2.41. The van der Waals surface area contributed by atoms with Gasteiger partial charge < -0.3 is 10.2 Å². The third kappa shape index (κ3) is 2.66. The summed E-state index contributed by atoms with van der Waals surface area (Å²) in [6.07, 6.45) is 4.86. The molecule has 0 bridgehead atoms. The summed E-state index contributed by atoms with van der Waals surface area (Å²) >= 11 is 0. The highest BCUT2D eigenvalue weighted by molar-refractivity contribution is 4.84. The number of nitrogens with zero attached hydrogens (tertiary/aromatic N) is 1. The maximum atomic E-state index is 9.09. The van der Waals surface area contributed by atoms with Crippen molar-refractivity contribution in [3.05, 3.63) is 0 Å². The van der Waals surface area contributed by atoms with Crippen LogP contribution < -0.4 is 0 Å². The van der Waals surface area contributed by atoms with Crippen LogP contribution in [0.1, 0.15) is 32.6 Å². The molecule has 1 aliphatic carbocycles. The molecule has 2 N–H and O–H groups in total. The zero-order valence-electron chi connectivity index (χ0n) is 8.45. The van der Waals surface area contributed by atoms with Crippen molar-refractivity contribution in [2.45, 2.75) is 44.7 Å². The van der Waals surface area contributed by atoms with E-state index >= 15 is 0 Å². The van der Waals surface area contributed by atoms with E-state index in [1.54, 1.807) is 0 Å². The van der Waals surface area contributed by atoms with Gasteiger partial charge in [0.15, 0.2) is 0 Å². The van der Waals surface area contributed by atoms with Gasteiger partial charge in [0.2, 0.25) is 0 Å². The second-order valence-corrected chi connectivity index (χ2v) is 3.84. The van der Waals surface area contributed by atoms with Gasteiger partial charge in [0.1, 0.15) is 0 Å². The maximum Gasteiger partial charge on any atom is 0.0609 e. The third-order valence-electron chi connectivity index (χ3n) is 2.92. The molecule has 0 atom stereocenters. The minimum atomic E-state index is -0.0368. The van der Waals surface area contributed by atoms with Crippen LogP contribution in [0.25, 0.3) is 0 Å². The summed E-state index contributed by atoms with van der Waals surface area (Å²) in [5.41, 5.74) is 0. The van der Waals surface area contributed by atoms with Gasteiger partial charge in [0, 0.05) is 6.04 Å². The highest BCUT2D eigenvalue weighted by Gasteiger charge is 2.28. The van der Waals surface area contributed by atoms with E-state index in [0.29, 0.717) is 6.04 Å². The summed E-state index contributed by atoms with van der Waals surface area (Å²) in [7, 11) is 0. The fourth-order valence-electron chi connectivity index (χ4n) is 1.91. The fourth-order valence-corrected chi connectivity index (χ4v) is 1.91. The molecule has 0 heterocycles. The lowest BCUT2D eigenvalue weighted by atomic mass is 9.90. The molecule has 0 aromatic rings. The maximum absolute atomic E-state index is 9.09. The monoisotopic (exact) mass is 187 g/mol. The molecule has 1 fully saturated rings. The van der Waals surface area contributed by atoms with E-state index in [1.807, 2.05) is 0 Å². The molecule has 13 heavy (non-hydrogen) atoms. The van der Waals surface area contributed by atoms with Crippen molar-refractivity contribution in [3.63, 3.8) is 0 Å². The molecule has 1 aliphatic rings. The topological polar surface area (TPSA) is 43.7 Å². The predicted octanol–water partition coefficient (Wildman–Crippen LogP) is 0.604. The van der Waals surface area contributed by atoms with Crippen molar-refractivity contribution in [2.24, 2.45) is 0 Å².